The second kappa shape index (κ2) is 14.6. The minimum Gasteiger partial charge on any atom is -0.496 e. The topological polar surface area (TPSA) is 54.9 Å². The van der Waals surface area contributed by atoms with Gasteiger partial charge in [0.1, 0.15) is 5.75 Å². The lowest BCUT2D eigenvalue weighted by molar-refractivity contribution is 0.192. The number of hydrogen-bond donors (Lipinski definition) is 2. The lowest BCUT2D eigenvalue weighted by Gasteiger charge is -2.13. The van der Waals surface area contributed by atoms with Gasteiger partial charge in [-0.15, -0.1) is 24.0 Å². The molecule has 6 heteroatoms. The van der Waals surface area contributed by atoms with E-state index in [0.29, 0.717) is 0 Å². The van der Waals surface area contributed by atoms with Crippen LogP contribution in [0.2, 0.25) is 0 Å². The molecule has 0 fully saturated rings. The molecule has 132 valence electrons. The molecular formula is C17H30IN3O2. The van der Waals surface area contributed by atoms with Crippen molar-refractivity contribution in [3.05, 3.63) is 29.8 Å². The predicted octanol–water partition coefficient (Wildman–Crippen LogP) is 2.84. The van der Waals surface area contributed by atoms with Crippen molar-refractivity contribution in [3.63, 3.8) is 0 Å². The molecule has 0 saturated carbocycles. The Labute approximate surface area is 157 Å². The number of methoxy groups -OCH3 is 2. The monoisotopic (exact) mass is 435 g/mol. The molecule has 1 aromatic rings. The van der Waals surface area contributed by atoms with Crippen molar-refractivity contribution in [3.8, 4) is 5.75 Å². The summed E-state index contributed by atoms with van der Waals surface area (Å²) < 4.78 is 10.4. The van der Waals surface area contributed by atoms with Gasteiger partial charge in [0.15, 0.2) is 5.96 Å². The van der Waals surface area contributed by atoms with E-state index in [0.717, 1.165) is 50.7 Å². The van der Waals surface area contributed by atoms with Crippen molar-refractivity contribution in [1.29, 1.82) is 0 Å². The zero-order chi connectivity index (χ0) is 16.0. The van der Waals surface area contributed by atoms with Gasteiger partial charge in [0.05, 0.1) is 7.11 Å². The maximum absolute atomic E-state index is 5.36. The zero-order valence-corrected chi connectivity index (χ0v) is 16.8. The SMILES string of the molecule is CN=C(NCCCCCOC)NCCc1ccccc1OC.I. The third-order valence-electron chi connectivity index (χ3n) is 3.42. The van der Waals surface area contributed by atoms with Crippen LogP contribution in [0.25, 0.3) is 0 Å². The molecule has 1 aromatic carbocycles. The highest BCUT2D eigenvalue weighted by atomic mass is 127. The van der Waals surface area contributed by atoms with Gasteiger partial charge in [0.2, 0.25) is 0 Å². The summed E-state index contributed by atoms with van der Waals surface area (Å²) in [6, 6.07) is 8.10. The Bertz CT molecular complexity index is 442. The number of unbranched alkanes of at least 4 members (excludes halogenated alkanes) is 2. The van der Waals surface area contributed by atoms with Crippen LogP contribution in [0.15, 0.2) is 29.3 Å². The average Bonchev–Trinajstić information content (AvgIpc) is 2.56. The van der Waals surface area contributed by atoms with Crippen molar-refractivity contribution in [2.24, 2.45) is 4.99 Å². The normalized spacial score (nSPS) is 10.8. The zero-order valence-electron chi connectivity index (χ0n) is 14.4. The third-order valence-corrected chi connectivity index (χ3v) is 3.42. The van der Waals surface area contributed by atoms with Gasteiger partial charge in [-0.25, -0.2) is 0 Å². The highest BCUT2D eigenvalue weighted by Gasteiger charge is 2.02. The molecule has 0 amide bonds. The largest absolute Gasteiger partial charge is 0.496 e. The van der Waals surface area contributed by atoms with Gasteiger partial charge in [-0.1, -0.05) is 18.2 Å². The van der Waals surface area contributed by atoms with Crippen molar-refractivity contribution in [2.45, 2.75) is 25.7 Å². The van der Waals surface area contributed by atoms with Crippen LogP contribution >= 0.6 is 24.0 Å². The molecule has 5 nitrogen and oxygen atoms in total. The van der Waals surface area contributed by atoms with E-state index in [9.17, 15) is 0 Å². The fourth-order valence-corrected chi connectivity index (χ4v) is 2.20. The predicted molar refractivity (Wildman–Crippen MR) is 107 cm³/mol. The van der Waals surface area contributed by atoms with Gasteiger partial charge in [-0.2, -0.15) is 0 Å². The molecule has 0 heterocycles. The number of nitrogens with one attached hydrogen (secondary N) is 2. The summed E-state index contributed by atoms with van der Waals surface area (Å²) in [5, 5.41) is 6.66. The molecule has 0 aliphatic carbocycles. The van der Waals surface area contributed by atoms with Crippen LogP contribution < -0.4 is 15.4 Å². The first-order chi connectivity index (χ1) is 10.8. The van der Waals surface area contributed by atoms with Crippen LogP contribution in [0.4, 0.5) is 0 Å². The molecule has 0 atom stereocenters. The number of aliphatic imine (C=N–C) groups is 1. The number of nitrogens with zero attached hydrogens (tertiary/aromatic N) is 1. The number of hydrogen-bond acceptors (Lipinski definition) is 3. The van der Waals surface area contributed by atoms with Crippen LogP contribution in [0.3, 0.4) is 0 Å². The first-order valence-electron chi connectivity index (χ1n) is 7.87. The van der Waals surface area contributed by atoms with E-state index in [1.165, 1.54) is 12.0 Å². The van der Waals surface area contributed by atoms with E-state index < -0.39 is 0 Å². The van der Waals surface area contributed by atoms with E-state index in [1.54, 1.807) is 21.3 Å². The van der Waals surface area contributed by atoms with E-state index in [1.807, 2.05) is 18.2 Å². The van der Waals surface area contributed by atoms with Gasteiger partial charge in [0, 0.05) is 33.9 Å². The minimum absolute atomic E-state index is 0. The quantitative estimate of drug-likeness (QED) is 0.257. The van der Waals surface area contributed by atoms with Crippen molar-refractivity contribution in [2.75, 3.05) is 41.0 Å². The number of guanidine groups is 1. The summed E-state index contributed by atoms with van der Waals surface area (Å²) in [6.07, 6.45) is 4.30. The first kappa shape index (κ1) is 22.0. The lowest BCUT2D eigenvalue weighted by Crippen LogP contribution is -2.38. The average molecular weight is 435 g/mol. The molecule has 0 unspecified atom stereocenters. The van der Waals surface area contributed by atoms with Crippen LogP contribution in [0, 0.1) is 0 Å². The molecule has 1 rings (SSSR count). The second-order valence-corrected chi connectivity index (χ2v) is 5.04. The summed E-state index contributed by atoms with van der Waals surface area (Å²) >= 11 is 0. The Balaban J connectivity index is 0.00000484. The highest BCUT2D eigenvalue weighted by molar-refractivity contribution is 14.0. The highest BCUT2D eigenvalue weighted by Crippen LogP contribution is 2.17. The summed E-state index contributed by atoms with van der Waals surface area (Å²) in [6.45, 7) is 2.59. The summed E-state index contributed by atoms with van der Waals surface area (Å²) in [7, 11) is 5.24. The summed E-state index contributed by atoms with van der Waals surface area (Å²) in [4.78, 5) is 4.23. The molecule has 2 N–H and O–H groups in total. The van der Waals surface area contributed by atoms with Crippen LogP contribution in [-0.4, -0.2) is 46.9 Å². The molecule has 0 spiro atoms. The Morgan fingerprint density at radius 3 is 2.48 bits per heavy atom. The number of para-hydroxylation sites is 1. The fourth-order valence-electron chi connectivity index (χ4n) is 2.20. The van der Waals surface area contributed by atoms with Gasteiger partial charge < -0.3 is 20.1 Å². The fraction of sp³-hybridized carbons (Fsp3) is 0.588. The number of rotatable bonds is 10. The molecule has 0 aromatic heterocycles. The summed E-state index contributed by atoms with van der Waals surface area (Å²) in [5.74, 6) is 1.78. The Morgan fingerprint density at radius 2 is 1.78 bits per heavy atom. The molecule has 0 aliphatic rings. The lowest BCUT2D eigenvalue weighted by atomic mass is 10.1. The number of halogens is 1. The number of ether oxygens (including phenoxy) is 2. The molecule has 0 bridgehead atoms. The molecule has 0 aliphatic heterocycles. The van der Waals surface area contributed by atoms with Gasteiger partial charge in [-0.05, 0) is 37.3 Å². The standard InChI is InChI=1S/C17H29N3O2.HI/c1-18-17(19-12-7-4-8-14-21-2)20-13-11-15-9-5-6-10-16(15)22-3;/h5-6,9-10H,4,7-8,11-14H2,1-3H3,(H2,18,19,20);1H. The van der Waals surface area contributed by atoms with Gasteiger partial charge in [0.25, 0.3) is 0 Å². The molecule has 0 radical (unpaired) electrons. The van der Waals surface area contributed by atoms with Crippen LogP contribution in [0.5, 0.6) is 5.75 Å². The van der Waals surface area contributed by atoms with E-state index in [-0.39, 0.29) is 24.0 Å². The van der Waals surface area contributed by atoms with Crippen LogP contribution in [-0.2, 0) is 11.2 Å². The van der Waals surface area contributed by atoms with Gasteiger partial charge >= 0.3 is 0 Å². The molecule has 0 saturated heterocycles. The Morgan fingerprint density at radius 1 is 1.04 bits per heavy atom. The van der Waals surface area contributed by atoms with Crippen molar-refractivity contribution < 1.29 is 9.47 Å². The molecule has 23 heavy (non-hydrogen) atoms. The van der Waals surface area contributed by atoms with E-state index in [4.69, 9.17) is 9.47 Å². The second-order valence-electron chi connectivity index (χ2n) is 5.04. The smallest absolute Gasteiger partial charge is 0.190 e. The maximum atomic E-state index is 5.36. The first-order valence-corrected chi connectivity index (χ1v) is 7.87. The maximum Gasteiger partial charge on any atom is 0.190 e. The number of benzene rings is 1. The Hall–Kier alpha value is -1.02. The van der Waals surface area contributed by atoms with E-state index in [2.05, 4.69) is 21.7 Å². The molecular weight excluding hydrogens is 405 g/mol. The van der Waals surface area contributed by atoms with Crippen molar-refractivity contribution >= 4 is 29.9 Å². The van der Waals surface area contributed by atoms with Gasteiger partial charge in [-0.3, -0.25) is 4.99 Å². The third kappa shape index (κ3) is 9.65. The summed E-state index contributed by atoms with van der Waals surface area (Å²) in [5.41, 5.74) is 1.20. The van der Waals surface area contributed by atoms with E-state index >= 15 is 0 Å². The van der Waals surface area contributed by atoms with Crippen LogP contribution in [0.1, 0.15) is 24.8 Å². The minimum atomic E-state index is 0. The van der Waals surface area contributed by atoms with Crippen molar-refractivity contribution in [1.82, 2.24) is 10.6 Å². The Kier molecular flexibility index (Phi) is 13.9.